The van der Waals surface area contributed by atoms with Crippen LogP contribution in [-0.4, -0.2) is 61.9 Å². The Hall–Kier alpha value is -0.650. The second-order valence-electron chi connectivity index (χ2n) is 6.62. The fourth-order valence-corrected chi connectivity index (χ4v) is 3.00. The number of carbonyl (C=O) groups is 1. The van der Waals surface area contributed by atoms with Gasteiger partial charge in [0.15, 0.2) is 0 Å². The molecular weight excluding hydrogens is 268 g/mol. The predicted molar refractivity (Wildman–Crippen MR) is 84.4 cm³/mol. The standard InChI is InChI=1S/C16H32N2O3/c1-12(2)18(9-10-20-5)13(3)11-16(4,15(19)21-6)17-14-7-8-14/h12-14,17H,7-11H2,1-6H3. The summed E-state index contributed by atoms with van der Waals surface area (Å²) in [5.41, 5.74) is -0.616. The van der Waals surface area contributed by atoms with Crippen LogP contribution in [0, 0.1) is 0 Å². The van der Waals surface area contributed by atoms with Crippen LogP contribution >= 0.6 is 0 Å². The van der Waals surface area contributed by atoms with Crippen LogP contribution in [0.1, 0.15) is 47.0 Å². The minimum Gasteiger partial charge on any atom is -0.468 e. The molecule has 1 saturated carbocycles. The molecule has 124 valence electrons. The van der Waals surface area contributed by atoms with Gasteiger partial charge in [-0.2, -0.15) is 0 Å². The van der Waals surface area contributed by atoms with E-state index in [2.05, 4.69) is 31.0 Å². The number of nitrogens with zero attached hydrogens (tertiary/aromatic N) is 1. The van der Waals surface area contributed by atoms with Gasteiger partial charge in [-0.1, -0.05) is 0 Å². The molecule has 1 rings (SSSR count). The summed E-state index contributed by atoms with van der Waals surface area (Å²) in [6.07, 6.45) is 3.04. The number of esters is 1. The van der Waals surface area contributed by atoms with Crippen LogP contribution in [-0.2, 0) is 14.3 Å². The number of methoxy groups -OCH3 is 2. The fourth-order valence-electron chi connectivity index (χ4n) is 3.00. The predicted octanol–water partition coefficient (Wildman–Crippen LogP) is 1.81. The van der Waals surface area contributed by atoms with Gasteiger partial charge in [-0.15, -0.1) is 0 Å². The molecule has 5 nitrogen and oxygen atoms in total. The first-order chi connectivity index (χ1) is 9.84. The normalized spacial score (nSPS) is 19.6. The molecule has 0 bridgehead atoms. The van der Waals surface area contributed by atoms with Crippen molar-refractivity contribution in [2.75, 3.05) is 27.4 Å². The molecule has 0 spiro atoms. The van der Waals surface area contributed by atoms with E-state index >= 15 is 0 Å². The van der Waals surface area contributed by atoms with Crippen LogP contribution < -0.4 is 5.32 Å². The highest BCUT2D eigenvalue weighted by atomic mass is 16.5. The second kappa shape index (κ2) is 8.11. The van der Waals surface area contributed by atoms with Gasteiger partial charge in [0.2, 0.25) is 0 Å². The zero-order valence-electron chi connectivity index (χ0n) is 14.4. The molecule has 0 saturated heterocycles. The maximum absolute atomic E-state index is 12.2. The Morgan fingerprint density at radius 1 is 1.33 bits per heavy atom. The molecule has 2 unspecified atom stereocenters. The SMILES string of the molecule is COCCN(C(C)C)C(C)CC(C)(NC1CC1)C(=O)OC. The van der Waals surface area contributed by atoms with Crippen molar-refractivity contribution in [2.45, 2.75) is 70.6 Å². The molecule has 1 fully saturated rings. The van der Waals surface area contributed by atoms with Crippen molar-refractivity contribution < 1.29 is 14.3 Å². The zero-order chi connectivity index (χ0) is 16.0. The minimum absolute atomic E-state index is 0.170. The third-order valence-electron chi connectivity index (χ3n) is 4.22. The summed E-state index contributed by atoms with van der Waals surface area (Å²) in [4.78, 5) is 14.6. The van der Waals surface area contributed by atoms with Gasteiger partial charge in [0.05, 0.1) is 13.7 Å². The van der Waals surface area contributed by atoms with E-state index in [1.165, 1.54) is 7.11 Å². The molecule has 1 aliphatic rings. The minimum atomic E-state index is -0.616. The molecule has 5 heteroatoms. The van der Waals surface area contributed by atoms with Crippen molar-refractivity contribution in [3.8, 4) is 0 Å². The summed E-state index contributed by atoms with van der Waals surface area (Å²) in [5.74, 6) is -0.170. The molecule has 0 aromatic heterocycles. The lowest BCUT2D eigenvalue weighted by molar-refractivity contribution is -0.149. The van der Waals surface area contributed by atoms with Crippen molar-refractivity contribution in [1.29, 1.82) is 0 Å². The van der Waals surface area contributed by atoms with E-state index in [1.54, 1.807) is 7.11 Å². The monoisotopic (exact) mass is 300 g/mol. The number of ether oxygens (including phenoxy) is 2. The van der Waals surface area contributed by atoms with Gasteiger partial charge >= 0.3 is 5.97 Å². The summed E-state index contributed by atoms with van der Waals surface area (Å²) in [7, 11) is 3.18. The summed E-state index contributed by atoms with van der Waals surface area (Å²) in [5, 5.41) is 3.47. The van der Waals surface area contributed by atoms with Crippen LogP contribution in [0.2, 0.25) is 0 Å². The molecule has 2 atom stereocenters. The largest absolute Gasteiger partial charge is 0.468 e. The lowest BCUT2D eigenvalue weighted by Gasteiger charge is -2.38. The van der Waals surface area contributed by atoms with Crippen molar-refractivity contribution in [1.82, 2.24) is 10.2 Å². The maximum atomic E-state index is 12.2. The van der Waals surface area contributed by atoms with Crippen molar-refractivity contribution >= 4 is 5.97 Å². The summed E-state index contributed by atoms with van der Waals surface area (Å²) in [6.45, 7) is 10.1. The van der Waals surface area contributed by atoms with Gasteiger partial charge in [-0.05, 0) is 47.0 Å². The average molecular weight is 300 g/mol. The molecule has 0 radical (unpaired) electrons. The number of carbonyl (C=O) groups excluding carboxylic acids is 1. The molecule has 21 heavy (non-hydrogen) atoms. The quantitative estimate of drug-likeness (QED) is 0.624. The Balaban J connectivity index is 2.72. The summed E-state index contributed by atoms with van der Waals surface area (Å²) >= 11 is 0. The van der Waals surface area contributed by atoms with Crippen LogP contribution in [0.15, 0.2) is 0 Å². The topological polar surface area (TPSA) is 50.8 Å². The third-order valence-corrected chi connectivity index (χ3v) is 4.22. The van der Waals surface area contributed by atoms with Crippen LogP contribution in [0.4, 0.5) is 0 Å². The summed E-state index contributed by atoms with van der Waals surface area (Å²) in [6, 6.07) is 1.15. The fraction of sp³-hybridized carbons (Fsp3) is 0.938. The van der Waals surface area contributed by atoms with Crippen molar-refractivity contribution in [3.05, 3.63) is 0 Å². The lowest BCUT2D eigenvalue weighted by Crippen LogP contribution is -2.55. The van der Waals surface area contributed by atoms with E-state index in [1.807, 2.05) is 6.92 Å². The number of nitrogens with one attached hydrogen (secondary N) is 1. The van der Waals surface area contributed by atoms with Crippen LogP contribution in [0.5, 0.6) is 0 Å². The van der Waals surface area contributed by atoms with Gasteiger partial charge in [0.25, 0.3) is 0 Å². The van der Waals surface area contributed by atoms with Gasteiger partial charge < -0.3 is 9.47 Å². The highest BCUT2D eigenvalue weighted by Gasteiger charge is 2.41. The molecule has 0 aromatic rings. The van der Waals surface area contributed by atoms with Gasteiger partial charge in [-0.25, -0.2) is 0 Å². The number of rotatable bonds is 10. The average Bonchev–Trinajstić information content (AvgIpc) is 3.21. The first-order valence-corrected chi connectivity index (χ1v) is 7.95. The Bertz CT molecular complexity index is 331. The second-order valence-corrected chi connectivity index (χ2v) is 6.62. The number of hydrogen-bond donors (Lipinski definition) is 1. The summed E-state index contributed by atoms with van der Waals surface area (Å²) < 4.78 is 10.2. The third kappa shape index (κ3) is 5.57. The van der Waals surface area contributed by atoms with E-state index in [0.717, 1.165) is 25.8 Å². The van der Waals surface area contributed by atoms with E-state index in [4.69, 9.17) is 9.47 Å². The Kier molecular flexibility index (Phi) is 7.10. The van der Waals surface area contributed by atoms with E-state index in [-0.39, 0.29) is 12.0 Å². The first kappa shape index (κ1) is 18.4. The van der Waals surface area contributed by atoms with E-state index in [9.17, 15) is 4.79 Å². The number of hydrogen-bond acceptors (Lipinski definition) is 5. The van der Waals surface area contributed by atoms with Crippen LogP contribution in [0.25, 0.3) is 0 Å². The molecule has 0 aliphatic heterocycles. The van der Waals surface area contributed by atoms with Crippen molar-refractivity contribution in [2.24, 2.45) is 0 Å². The molecule has 1 aliphatic carbocycles. The first-order valence-electron chi connectivity index (χ1n) is 7.95. The molecule has 1 N–H and O–H groups in total. The van der Waals surface area contributed by atoms with Gasteiger partial charge in [-0.3, -0.25) is 15.0 Å². The van der Waals surface area contributed by atoms with Crippen LogP contribution in [0.3, 0.4) is 0 Å². The van der Waals surface area contributed by atoms with Gasteiger partial charge in [0.1, 0.15) is 5.54 Å². The maximum Gasteiger partial charge on any atom is 0.325 e. The highest BCUT2D eigenvalue weighted by molar-refractivity contribution is 5.80. The highest BCUT2D eigenvalue weighted by Crippen LogP contribution is 2.27. The lowest BCUT2D eigenvalue weighted by atomic mass is 9.92. The Morgan fingerprint density at radius 2 is 1.95 bits per heavy atom. The van der Waals surface area contributed by atoms with Crippen molar-refractivity contribution in [3.63, 3.8) is 0 Å². The Labute approximate surface area is 129 Å². The van der Waals surface area contributed by atoms with Gasteiger partial charge in [0, 0.05) is 31.8 Å². The molecular formula is C16H32N2O3. The smallest absolute Gasteiger partial charge is 0.325 e. The molecule has 0 amide bonds. The van der Waals surface area contributed by atoms with E-state index in [0.29, 0.717) is 18.7 Å². The molecule has 0 aromatic carbocycles. The molecule has 0 heterocycles. The van der Waals surface area contributed by atoms with E-state index < -0.39 is 5.54 Å². The zero-order valence-corrected chi connectivity index (χ0v) is 14.4. The Morgan fingerprint density at radius 3 is 2.38 bits per heavy atom.